The molecule has 0 saturated heterocycles. The number of nitrogens with zero attached hydrogens (tertiary/aromatic N) is 2. The summed E-state index contributed by atoms with van der Waals surface area (Å²) in [6.07, 6.45) is 12.6. The first-order valence-corrected chi connectivity index (χ1v) is 6.34. The Hall–Kier alpha value is -2.42. The van der Waals surface area contributed by atoms with Gasteiger partial charge in [0.1, 0.15) is 5.82 Å². The van der Waals surface area contributed by atoms with Crippen LogP contribution in [0.2, 0.25) is 0 Å². The van der Waals surface area contributed by atoms with Gasteiger partial charge in [-0.3, -0.25) is 4.98 Å². The van der Waals surface area contributed by atoms with Crippen molar-refractivity contribution in [1.82, 2.24) is 9.97 Å². The van der Waals surface area contributed by atoms with E-state index in [9.17, 15) is 0 Å². The number of hydrogen-bond donors (Lipinski definition) is 1. The molecule has 0 bridgehead atoms. The highest BCUT2D eigenvalue weighted by Gasteiger charge is 2.11. The van der Waals surface area contributed by atoms with Crippen molar-refractivity contribution in [2.45, 2.75) is 13.3 Å². The standard InChI is InChI=1S/C16H15N3/c1-2-4-12-7-14-8-15(11-19-16(14)18-9-12)13-5-3-6-17-10-13/h2-6,8-11H,7H2,1H3,(H,18,19)/b4-2+. The molecule has 3 rings (SSSR count). The summed E-state index contributed by atoms with van der Waals surface area (Å²) in [5.41, 5.74) is 4.69. The van der Waals surface area contributed by atoms with E-state index >= 15 is 0 Å². The molecule has 3 heterocycles. The molecule has 2 aromatic rings. The Morgan fingerprint density at radius 2 is 2.21 bits per heavy atom. The Morgan fingerprint density at radius 3 is 3.00 bits per heavy atom. The van der Waals surface area contributed by atoms with Gasteiger partial charge in [0.2, 0.25) is 0 Å². The van der Waals surface area contributed by atoms with Gasteiger partial charge in [-0.05, 0) is 30.2 Å². The number of anilines is 1. The highest BCUT2D eigenvalue weighted by Crippen LogP contribution is 2.27. The van der Waals surface area contributed by atoms with Crippen LogP contribution in [0.15, 0.2) is 60.7 Å². The fourth-order valence-electron chi connectivity index (χ4n) is 2.22. The summed E-state index contributed by atoms with van der Waals surface area (Å²) in [6, 6.07) is 6.18. The number of hydrogen-bond acceptors (Lipinski definition) is 3. The molecule has 0 spiro atoms. The average Bonchev–Trinajstić information content (AvgIpc) is 2.48. The average molecular weight is 249 g/mol. The molecule has 19 heavy (non-hydrogen) atoms. The van der Waals surface area contributed by atoms with Gasteiger partial charge in [0.15, 0.2) is 0 Å². The summed E-state index contributed by atoms with van der Waals surface area (Å²) in [4.78, 5) is 8.63. The molecular weight excluding hydrogens is 234 g/mol. The van der Waals surface area contributed by atoms with Crippen LogP contribution in [0.1, 0.15) is 12.5 Å². The van der Waals surface area contributed by atoms with Crippen molar-refractivity contribution in [3.8, 4) is 11.1 Å². The molecule has 1 aliphatic heterocycles. The minimum absolute atomic E-state index is 0.910. The zero-order chi connectivity index (χ0) is 13.1. The van der Waals surface area contributed by atoms with Crippen LogP contribution in [0.5, 0.6) is 0 Å². The van der Waals surface area contributed by atoms with E-state index in [2.05, 4.69) is 39.6 Å². The SMILES string of the molecule is C/C=C/C1=CNc2ncc(-c3cccnc3)cc2C1. The third-order valence-electron chi connectivity index (χ3n) is 3.13. The van der Waals surface area contributed by atoms with Crippen molar-refractivity contribution < 1.29 is 0 Å². The van der Waals surface area contributed by atoms with Crippen molar-refractivity contribution in [1.29, 1.82) is 0 Å². The molecule has 0 fully saturated rings. The summed E-state index contributed by atoms with van der Waals surface area (Å²) < 4.78 is 0. The minimum atomic E-state index is 0.910. The highest BCUT2D eigenvalue weighted by atomic mass is 15.0. The zero-order valence-electron chi connectivity index (χ0n) is 10.8. The molecule has 2 aromatic heterocycles. The first kappa shape index (κ1) is 11.7. The number of allylic oxidation sites excluding steroid dienone is 3. The number of pyridine rings is 2. The van der Waals surface area contributed by atoms with E-state index in [1.165, 1.54) is 11.1 Å². The summed E-state index contributed by atoms with van der Waals surface area (Å²) in [6.45, 7) is 2.03. The lowest BCUT2D eigenvalue weighted by Crippen LogP contribution is -2.06. The van der Waals surface area contributed by atoms with Crippen LogP contribution >= 0.6 is 0 Å². The molecule has 1 N–H and O–H groups in total. The summed E-state index contributed by atoms with van der Waals surface area (Å²) in [5.74, 6) is 0.945. The highest BCUT2D eigenvalue weighted by molar-refractivity contribution is 5.66. The van der Waals surface area contributed by atoms with Crippen LogP contribution in [0.4, 0.5) is 5.82 Å². The summed E-state index contributed by atoms with van der Waals surface area (Å²) >= 11 is 0. The number of aromatic nitrogens is 2. The lowest BCUT2D eigenvalue weighted by atomic mass is 10.00. The maximum absolute atomic E-state index is 4.48. The number of nitrogens with one attached hydrogen (secondary N) is 1. The van der Waals surface area contributed by atoms with E-state index < -0.39 is 0 Å². The van der Waals surface area contributed by atoms with E-state index in [-0.39, 0.29) is 0 Å². The molecule has 1 aliphatic rings. The van der Waals surface area contributed by atoms with Crippen molar-refractivity contribution >= 4 is 5.82 Å². The molecule has 3 heteroatoms. The monoisotopic (exact) mass is 249 g/mol. The Labute approximate surface area is 112 Å². The van der Waals surface area contributed by atoms with Crippen LogP contribution < -0.4 is 5.32 Å². The van der Waals surface area contributed by atoms with Gasteiger partial charge in [-0.2, -0.15) is 0 Å². The molecule has 0 radical (unpaired) electrons. The van der Waals surface area contributed by atoms with Gasteiger partial charge < -0.3 is 5.32 Å². The zero-order valence-corrected chi connectivity index (χ0v) is 10.8. The van der Waals surface area contributed by atoms with Gasteiger partial charge >= 0.3 is 0 Å². The Balaban J connectivity index is 1.96. The summed E-state index contributed by atoms with van der Waals surface area (Å²) in [7, 11) is 0. The second-order valence-corrected chi connectivity index (χ2v) is 4.51. The number of fused-ring (bicyclic) bond motifs is 1. The van der Waals surface area contributed by atoms with Gasteiger partial charge in [0.25, 0.3) is 0 Å². The van der Waals surface area contributed by atoms with Crippen LogP contribution in [0.25, 0.3) is 11.1 Å². The quantitative estimate of drug-likeness (QED) is 0.884. The van der Waals surface area contributed by atoms with E-state index in [0.717, 1.165) is 23.4 Å². The van der Waals surface area contributed by atoms with Crippen LogP contribution in [0.3, 0.4) is 0 Å². The maximum atomic E-state index is 4.48. The first-order valence-electron chi connectivity index (χ1n) is 6.34. The van der Waals surface area contributed by atoms with Gasteiger partial charge in [0.05, 0.1) is 0 Å². The van der Waals surface area contributed by atoms with Crippen molar-refractivity contribution in [2.75, 3.05) is 5.32 Å². The predicted molar refractivity (Wildman–Crippen MR) is 77.7 cm³/mol. The minimum Gasteiger partial charge on any atom is -0.346 e. The van der Waals surface area contributed by atoms with Gasteiger partial charge in [-0.15, -0.1) is 0 Å². The van der Waals surface area contributed by atoms with E-state index in [0.29, 0.717) is 0 Å². The molecule has 0 amide bonds. The topological polar surface area (TPSA) is 37.8 Å². The Morgan fingerprint density at radius 1 is 1.26 bits per heavy atom. The molecule has 0 aromatic carbocycles. The molecule has 0 saturated carbocycles. The molecular formula is C16H15N3. The fraction of sp³-hybridized carbons (Fsp3) is 0.125. The van der Waals surface area contributed by atoms with Gasteiger partial charge in [0, 0.05) is 42.3 Å². The van der Waals surface area contributed by atoms with Gasteiger partial charge in [-0.25, -0.2) is 4.98 Å². The fourth-order valence-corrected chi connectivity index (χ4v) is 2.22. The lowest BCUT2D eigenvalue weighted by Gasteiger charge is -2.16. The predicted octanol–water partition coefficient (Wildman–Crippen LogP) is 3.57. The maximum Gasteiger partial charge on any atom is 0.133 e. The van der Waals surface area contributed by atoms with Crippen molar-refractivity contribution in [3.63, 3.8) is 0 Å². The van der Waals surface area contributed by atoms with E-state index in [1.807, 2.05) is 31.6 Å². The first-order chi connectivity index (χ1) is 9.36. The molecule has 0 unspecified atom stereocenters. The van der Waals surface area contributed by atoms with E-state index in [1.54, 1.807) is 6.20 Å². The second-order valence-electron chi connectivity index (χ2n) is 4.51. The van der Waals surface area contributed by atoms with Crippen LogP contribution in [0, 0.1) is 0 Å². The lowest BCUT2D eigenvalue weighted by molar-refractivity contribution is 1.11. The molecule has 3 nitrogen and oxygen atoms in total. The molecule has 0 atom stereocenters. The smallest absolute Gasteiger partial charge is 0.133 e. The third-order valence-corrected chi connectivity index (χ3v) is 3.13. The van der Waals surface area contributed by atoms with Crippen LogP contribution in [-0.2, 0) is 6.42 Å². The molecule has 94 valence electrons. The van der Waals surface area contributed by atoms with Gasteiger partial charge in [-0.1, -0.05) is 18.2 Å². The normalized spacial score (nSPS) is 13.8. The second kappa shape index (κ2) is 5.06. The third kappa shape index (κ3) is 2.40. The van der Waals surface area contributed by atoms with Crippen molar-refractivity contribution in [3.05, 3.63) is 66.3 Å². The Bertz CT molecular complexity index is 642. The number of rotatable bonds is 2. The Kier molecular flexibility index (Phi) is 3.11. The van der Waals surface area contributed by atoms with Crippen LogP contribution in [-0.4, -0.2) is 9.97 Å². The molecule has 0 aliphatic carbocycles. The largest absolute Gasteiger partial charge is 0.346 e. The summed E-state index contributed by atoms with van der Waals surface area (Å²) in [5, 5.41) is 3.24. The van der Waals surface area contributed by atoms with E-state index in [4.69, 9.17) is 0 Å². The van der Waals surface area contributed by atoms with Crippen molar-refractivity contribution in [2.24, 2.45) is 0 Å².